The summed E-state index contributed by atoms with van der Waals surface area (Å²) in [6.45, 7) is 4.41. The molecule has 0 unspecified atom stereocenters. The number of rotatable bonds is 8. The number of hydrogen-bond donors (Lipinski definition) is 1. The Balaban J connectivity index is 1.64. The Labute approximate surface area is 183 Å². The number of anilines is 1. The summed E-state index contributed by atoms with van der Waals surface area (Å²) in [6.07, 6.45) is 3.19. The van der Waals surface area contributed by atoms with E-state index in [4.69, 9.17) is 4.74 Å². The number of ketones is 1. The molecule has 2 aromatic carbocycles. The van der Waals surface area contributed by atoms with Crippen molar-refractivity contribution >= 4 is 27.4 Å². The Kier molecular flexibility index (Phi) is 7.46. The second-order valence-corrected chi connectivity index (χ2v) is 9.52. The summed E-state index contributed by atoms with van der Waals surface area (Å²) in [7, 11) is -3.58. The van der Waals surface area contributed by atoms with Crippen molar-refractivity contribution < 1.29 is 22.7 Å². The lowest BCUT2D eigenvalue weighted by Crippen LogP contribution is -2.35. The normalized spacial score (nSPS) is 14.8. The number of benzene rings is 2. The minimum Gasteiger partial charge on any atom is -0.484 e. The maximum absolute atomic E-state index is 12.9. The molecule has 8 heteroatoms. The van der Waals surface area contributed by atoms with Gasteiger partial charge in [-0.25, -0.2) is 8.42 Å². The Morgan fingerprint density at radius 3 is 2.35 bits per heavy atom. The Bertz CT molecular complexity index is 1040. The Morgan fingerprint density at radius 2 is 1.71 bits per heavy atom. The van der Waals surface area contributed by atoms with Gasteiger partial charge in [-0.2, -0.15) is 4.31 Å². The van der Waals surface area contributed by atoms with Crippen LogP contribution in [0.5, 0.6) is 5.75 Å². The number of Topliss-reactive ketones (excluding diaryl/α,β-unsaturated/α-hetero) is 1. The standard InChI is InChI=1S/C23H28N2O5S/c1-3-22(26)18-8-10-19(11-9-18)30-16-23(27)24-21-15-20(12-7-17(21)2)31(28,29)25-13-5-4-6-14-25/h7-12,15H,3-6,13-14,16H2,1-2H3,(H,24,27). The molecule has 1 saturated heterocycles. The summed E-state index contributed by atoms with van der Waals surface area (Å²) < 4.78 is 32.8. The fourth-order valence-corrected chi connectivity index (χ4v) is 4.97. The van der Waals surface area contributed by atoms with Gasteiger partial charge >= 0.3 is 0 Å². The minimum absolute atomic E-state index is 0.0409. The molecule has 1 N–H and O–H groups in total. The number of nitrogens with one attached hydrogen (secondary N) is 1. The van der Waals surface area contributed by atoms with E-state index in [1.54, 1.807) is 50.2 Å². The van der Waals surface area contributed by atoms with Crippen molar-refractivity contribution in [1.29, 1.82) is 0 Å². The molecule has 1 aliphatic rings. The summed E-state index contributed by atoms with van der Waals surface area (Å²) in [5, 5.41) is 2.73. The SMILES string of the molecule is CCC(=O)c1ccc(OCC(=O)Nc2cc(S(=O)(=O)N3CCCCC3)ccc2C)cc1. The summed E-state index contributed by atoms with van der Waals surface area (Å²) in [5.41, 5.74) is 1.80. The zero-order chi connectivity index (χ0) is 22.4. The monoisotopic (exact) mass is 444 g/mol. The van der Waals surface area contributed by atoms with E-state index in [2.05, 4.69) is 5.32 Å². The fraction of sp³-hybridized carbons (Fsp3) is 0.391. The lowest BCUT2D eigenvalue weighted by Gasteiger charge is -2.26. The largest absolute Gasteiger partial charge is 0.484 e. The van der Waals surface area contributed by atoms with E-state index in [1.807, 2.05) is 0 Å². The van der Waals surface area contributed by atoms with Crippen LogP contribution in [0, 0.1) is 6.92 Å². The average molecular weight is 445 g/mol. The van der Waals surface area contributed by atoms with Crippen molar-refractivity contribution in [3.63, 3.8) is 0 Å². The van der Waals surface area contributed by atoms with Crippen LogP contribution in [-0.2, 0) is 14.8 Å². The van der Waals surface area contributed by atoms with E-state index >= 15 is 0 Å². The summed E-state index contributed by atoms with van der Waals surface area (Å²) in [4.78, 5) is 24.2. The van der Waals surface area contributed by atoms with Crippen LogP contribution < -0.4 is 10.1 Å². The second kappa shape index (κ2) is 10.1. The maximum Gasteiger partial charge on any atom is 0.262 e. The first-order valence-electron chi connectivity index (χ1n) is 10.5. The predicted molar refractivity (Wildman–Crippen MR) is 119 cm³/mol. The smallest absolute Gasteiger partial charge is 0.262 e. The van der Waals surface area contributed by atoms with Crippen LogP contribution in [0.3, 0.4) is 0 Å². The van der Waals surface area contributed by atoms with Gasteiger partial charge < -0.3 is 10.1 Å². The highest BCUT2D eigenvalue weighted by Crippen LogP contribution is 2.25. The first kappa shape index (κ1) is 23.0. The van der Waals surface area contributed by atoms with Crippen LogP contribution in [0.25, 0.3) is 0 Å². The lowest BCUT2D eigenvalue weighted by molar-refractivity contribution is -0.118. The van der Waals surface area contributed by atoms with Gasteiger partial charge in [0.05, 0.1) is 4.90 Å². The predicted octanol–water partition coefficient (Wildman–Crippen LogP) is 3.78. The molecule has 1 aliphatic heterocycles. The molecule has 0 radical (unpaired) electrons. The van der Waals surface area contributed by atoms with Crippen LogP contribution in [0.15, 0.2) is 47.4 Å². The topological polar surface area (TPSA) is 92.8 Å². The first-order valence-corrected chi connectivity index (χ1v) is 11.9. The number of nitrogens with zero attached hydrogens (tertiary/aromatic N) is 1. The van der Waals surface area contributed by atoms with E-state index in [-0.39, 0.29) is 17.3 Å². The van der Waals surface area contributed by atoms with E-state index < -0.39 is 15.9 Å². The molecule has 0 atom stereocenters. The second-order valence-electron chi connectivity index (χ2n) is 7.58. The molecule has 31 heavy (non-hydrogen) atoms. The van der Waals surface area contributed by atoms with Gasteiger partial charge in [-0.3, -0.25) is 9.59 Å². The zero-order valence-electron chi connectivity index (χ0n) is 17.9. The Morgan fingerprint density at radius 1 is 1.03 bits per heavy atom. The summed E-state index contributed by atoms with van der Waals surface area (Å²) in [6, 6.07) is 11.4. The molecule has 166 valence electrons. The van der Waals surface area contributed by atoms with Gasteiger partial charge in [0.1, 0.15) is 5.75 Å². The quantitative estimate of drug-likeness (QED) is 0.626. The van der Waals surface area contributed by atoms with Crippen molar-refractivity contribution in [2.45, 2.75) is 44.4 Å². The van der Waals surface area contributed by atoms with Gasteiger partial charge in [0, 0.05) is 30.8 Å². The van der Waals surface area contributed by atoms with E-state index in [0.29, 0.717) is 36.5 Å². The molecule has 0 saturated carbocycles. The summed E-state index contributed by atoms with van der Waals surface area (Å²) in [5.74, 6) is 0.115. The van der Waals surface area contributed by atoms with Gasteiger partial charge in [-0.05, 0) is 61.7 Å². The number of ether oxygens (including phenoxy) is 1. The zero-order valence-corrected chi connectivity index (χ0v) is 18.7. The van der Waals surface area contributed by atoms with Gasteiger partial charge in [0.15, 0.2) is 12.4 Å². The number of aryl methyl sites for hydroxylation is 1. The number of carbonyl (C=O) groups excluding carboxylic acids is 2. The molecule has 1 heterocycles. The van der Waals surface area contributed by atoms with Crippen molar-refractivity contribution in [2.24, 2.45) is 0 Å². The number of amides is 1. The van der Waals surface area contributed by atoms with Gasteiger partial charge in [0.25, 0.3) is 5.91 Å². The van der Waals surface area contributed by atoms with Crippen LogP contribution in [-0.4, -0.2) is 44.1 Å². The number of hydrogen-bond acceptors (Lipinski definition) is 5. The molecular formula is C23H28N2O5S. The number of sulfonamides is 1. The molecule has 0 bridgehead atoms. The highest BCUT2D eigenvalue weighted by molar-refractivity contribution is 7.89. The molecule has 7 nitrogen and oxygen atoms in total. The minimum atomic E-state index is -3.58. The number of carbonyl (C=O) groups is 2. The lowest BCUT2D eigenvalue weighted by atomic mass is 10.1. The Hall–Kier alpha value is -2.71. The number of piperidine rings is 1. The molecule has 1 fully saturated rings. The molecule has 0 aliphatic carbocycles. The molecule has 1 amide bonds. The van der Waals surface area contributed by atoms with E-state index in [1.165, 1.54) is 10.4 Å². The maximum atomic E-state index is 12.9. The van der Waals surface area contributed by atoms with E-state index in [9.17, 15) is 18.0 Å². The molecule has 0 spiro atoms. The van der Waals surface area contributed by atoms with Crippen LogP contribution in [0.4, 0.5) is 5.69 Å². The summed E-state index contributed by atoms with van der Waals surface area (Å²) >= 11 is 0. The first-order chi connectivity index (χ1) is 14.8. The fourth-order valence-electron chi connectivity index (χ4n) is 3.43. The molecule has 2 aromatic rings. The van der Waals surface area contributed by atoms with Crippen molar-refractivity contribution in [3.05, 3.63) is 53.6 Å². The van der Waals surface area contributed by atoms with E-state index in [0.717, 1.165) is 24.8 Å². The van der Waals surface area contributed by atoms with Gasteiger partial charge in [-0.1, -0.05) is 19.4 Å². The third-order valence-electron chi connectivity index (χ3n) is 5.30. The molecule has 3 rings (SSSR count). The highest BCUT2D eigenvalue weighted by atomic mass is 32.2. The van der Waals surface area contributed by atoms with Crippen LogP contribution in [0.2, 0.25) is 0 Å². The van der Waals surface area contributed by atoms with Gasteiger partial charge in [0.2, 0.25) is 10.0 Å². The third kappa shape index (κ3) is 5.71. The molecule has 0 aromatic heterocycles. The van der Waals surface area contributed by atoms with Crippen molar-refractivity contribution in [2.75, 3.05) is 25.0 Å². The van der Waals surface area contributed by atoms with Crippen molar-refractivity contribution in [3.8, 4) is 5.75 Å². The highest BCUT2D eigenvalue weighted by Gasteiger charge is 2.26. The van der Waals surface area contributed by atoms with Crippen LogP contribution >= 0.6 is 0 Å². The average Bonchev–Trinajstić information content (AvgIpc) is 2.79. The van der Waals surface area contributed by atoms with Crippen molar-refractivity contribution in [1.82, 2.24) is 4.31 Å². The van der Waals surface area contributed by atoms with Crippen LogP contribution in [0.1, 0.15) is 48.5 Å². The molecular weight excluding hydrogens is 416 g/mol. The third-order valence-corrected chi connectivity index (χ3v) is 7.20. The van der Waals surface area contributed by atoms with Gasteiger partial charge in [-0.15, -0.1) is 0 Å².